The number of hydrogen-bond donors (Lipinski definition) is 0. The van der Waals surface area contributed by atoms with Crippen LogP contribution in [0.4, 0.5) is 0 Å². The monoisotopic (exact) mass is 156 g/mol. The molecule has 0 unspecified atom stereocenters. The van der Waals surface area contributed by atoms with Gasteiger partial charge in [0.05, 0.1) is 0 Å². The van der Waals surface area contributed by atoms with Crippen molar-refractivity contribution in [2.24, 2.45) is 5.92 Å². The van der Waals surface area contributed by atoms with Crippen molar-refractivity contribution in [3.05, 3.63) is 0 Å². The molecule has 0 aromatic heterocycles. The Labute approximate surface area is 67.9 Å². The molecule has 0 radical (unpaired) electrons. The van der Waals surface area contributed by atoms with Crippen LogP contribution < -0.4 is 0 Å². The summed E-state index contributed by atoms with van der Waals surface area (Å²) in [5, 5.41) is 0. The summed E-state index contributed by atoms with van der Waals surface area (Å²) in [5.41, 5.74) is 0. The summed E-state index contributed by atoms with van der Waals surface area (Å²) >= 11 is 0. The number of esters is 1. The number of rotatable bonds is 1. The van der Waals surface area contributed by atoms with Crippen molar-refractivity contribution < 1.29 is 9.53 Å². The van der Waals surface area contributed by atoms with E-state index in [9.17, 15) is 4.79 Å². The Morgan fingerprint density at radius 2 is 2.00 bits per heavy atom. The van der Waals surface area contributed by atoms with Crippen molar-refractivity contribution in [1.29, 1.82) is 0 Å². The van der Waals surface area contributed by atoms with Crippen LogP contribution >= 0.6 is 0 Å². The Bertz CT molecular complexity index is 142. The molecular weight excluding hydrogens is 140 g/mol. The van der Waals surface area contributed by atoms with Gasteiger partial charge in [0.25, 0.3) is 0 Å². The average molecular weight is 156 g/mol. The van der Waals surface area contributed by atoms with Crippen LogP contribution in [-0.2, 0) is 9.53 Å². The molecule has 0 aliphatic heterocycles. The molecule has 1 fully saturated rings. The van der Waals surface area contributed by atoms with Crippen LogP contribution in [0.25, 0.3) is 0 Å². The van der Waals surface area contributed by atoms with E-state index in [2.05, 4.69) is 6.92 Å². The van der Waals surface area contributed by atoms with Crippen LogP contribution in [0.3, 0.4) is 0 Å². The molecular formula is C9H16O2. The Kier molecular flexibility index (Phi) is 2.92. The highest BCUT2D eigenvalue weighted by molar-refractivity contribution is 5.66. The van der Waals surface area contributed by atoms with Crippen LogP contribution in [-0.4, -0.2) is 12.1 Å². The van der Waals surface area contributed by atoms with Gasteiger partial charge in [-0.1, -0.05) is 13.3 Å². The van der Waals surface area contributed by atoms with E-state index < -0.39 is 0 Å². The molecule has 0 aromatic rings. The summed E-state index contributed by atoms with van der Waals surface area (Å²) in [5.74, 6) is 0.427. The molecule has 64 valence electrons. The fourth-order valence-corrected chi connectivity index (χ4v) is 1.67. The van der Waals surface area contributed by atoms with Crippen molar-refractivity contribution in [1.82, 2.24) is 0 Å². The van der Waals surface area contributed by atoms with E-state index in [1.54, 1.807) is 0 Å². The van der Waals surface area contributed by atoms with Gasteiger partial charge in [0.15, 0.2) is 0 Å². The predicted octanol–water partition coefficient (Wildman–Crippen LogP) is 2.13. The molecule has 0 N–H and O–H groups in total. The highest BCUT2D eigenvalue weighted by atomic mass is 16.5. The first kappa shape index (κ1) is 8.57. The van der Waals surface area contributed by atoms with Crippen molar-refractivity contribution in [3.63, 3.8) is 0 Å². The number of carbonyl (C=O) groups excluding carboxylic acids is 1. The number of hydrogen-bond acceptors (Lipinski definition) is 2. The van der Waals surface area contributed by atoms with E-state index in [0.717, 1.165) is 6.42 Å². The quantitative estimate of drug-likeness (QED) is 0.543. The lowest BCUT2D eigenvalue weighted by atomic mass is 9.88. The Morgan fingerprint density at radius 1 is 1.36 bits per heavy atom. The van der Waals surface area contributed by atoms with Gasteiger partial charge in [-0.3, -0.25) is 4.79 Å². The topological polar surface area (TPSA) is 26.3 Å². The lowest BCUT2D eigenvalue weighted by molar-refractivity contribution is -0.150. The van der Waals surface area contributed by atoms with Crippen LogP contribution in [0, 0.1) is 5.92 Å². The summed E-state index contributed by atoms with van der Waals surface area (Å²) in [6, 6.07) is 0. The third kappa shape index (κ3) is 2.52. The summed E-state index contributed by atoms with van der Waals surface area (Å²) in [7, 11) is 0. The zero-order valence-electron chi connectivity index (χ0n) is 7.30. The Balaban J connectivity index is 2.35. The van der Waals surface area contributed by atoms with Gasteiger partial charge in [0, 0.05) is 6.92 Å². The Hall–Kier alpha value is -0.530. The first-order chi connectivity index (χ1) is 5.20. The second-order valence-electron chi connectivity index (χ2n) is 3.41. The van der Waals surface area contributed by atoms with Gasteiger partial charge in [0.1, 0.15) is 6.10 Å². The second kappa shape index (κ2) is 3.74. The SMILES string of the molecule is CC(=O)O[C@@H]1CCCC[C@@H]1C. The fraction of sp³-hybridized carbons (Fsp3) is 0.889. The van der Waals surface area contributed by atoms with Crippen molar-refractivity contribution in [3.8, 4) is 0 Å². The summed E-state index contributed by atoms with van der Waals surface area (Å²) in [6.45, 7) is 3.65. The zero-order valence-corrected chi connectivity index (χ0v) is 7.30. The normalized spacial score (nSPS) is 31.5. The number of carbonyl (C=O) groups is 1. The first-order valence-electron chi connectivity index (χ1n) is 4.37. The van der Waals surface area contributed by atoms with E-state index >= 15 is 0 Å². The van der Waals surface area contributed by atoms with Crippen molar-refractivity contribution >= 4 is 5.97 Å². The maximum absolute atomic E-state index is 10.6. The van der Waals surface area contributed by atoms with Gasteiger partial charge < -0.3 is 4.74 Å². The summed E-state index contributed by atoms with van der Waals surface area (Å²) < 4.78 is 5.16. The molecule has 2 heteroatoms. The van der Waals surface area contributed by atoms with Crippen molar-refractivity contribution in [2.45, 2.75) is 45.6 Å². The lowest BCUT2D eigenvalue weighted by Gasteiger charge is -2.27. The third-order valence-corrected chi connectivity index (χ3v) is 2.35. The molecule has 11 heavy (non-hydrogen) atoms. The van der Waals surface area contributed by atoms with Crippen molar-refractivity contribution in [2.75, 3.05) is 0 Å². The maximum Gasteiger partial charge on any atom is 0.302 e. The van der Waals surface area contributed by atoms with Crippen LogP contribution in [0.5, 0.6) is 0 Å². The molecule has 0 aromatic carbocycles. The molecule has 0 amide bonds. The molecule has 1 saturated carbocycles. The highest BCUT2D eigenvalue weighted by Crippen LogP contribution is 2.26. The molecule has 0 heterocycles. The van der Waals surface area contributed by atoms with Crippen LogP contribution in [0.1, 0.15) is 39.5 Å². The van der Waals surface area contributed by atoms with E-state index in [1.165, 1.54) is 26.2 Å². The molecule has 0 saturated heterocycles. The van der Waals surface area contributed by atoms with Gasteiger partial charge in [-0.15, -0.1) is 0 Å². The van der Waals surface area contributed by atoms with Gasteiger partial charge >= 0.3 is 5.97 Å². The van der Waals surface area contributed by atoms with Crippen LogP contribution in [0.15, 0.2) is 0 Å². The minimum Gasteiger partial charge on any atom is -0.462 e. The molecule has 2 nitrogen and oxygen atoms in total. The van der Waals surface area contributed by atoms with E-state index in [1.807, 2.05) is 0 Å². The molecule has 1 rings (SSSR count). The standard InChI is InChI=1S/C9H16O2/c1-7-5-3-4-6-9(7)11-8(2)10/h7,9H,3-6H2,1-2H3/t7-,9+/m0/s1. The summed E-state index contributed by atoms with van der Waals surface area (Å²) in [4.78, 5) is 10.6. The molecule has 1 aliphatic carbocycles. The minimum atomic E-state index is -0.135. The highest BCUT2D eigenvalue weighted by Gasteiger charge is 2.23. The fourth-order valence-electron chi connectivity index (χ4n) is 1.67. The van der Waals surface area contributed by atoms with Gasteiger partial charge in [-0.25, -0.2) is 0 Å². The first-order valence-corrected chi connectivity index (χ1v) is 4.37. The van der Waals surface area contributed by atoms with Gasteiger partial charge in [0.2, 0.25) is 0 Å². The van der Waals surface area contributed by atoms with Crippen LogP contribution in [0.2, 0.25) is 0 Å². The molecule has 2 atom stereocenters. The van der Waals surface area contributed by atoms with Gasteiger partial charge in [-0.2, -0.15) is 0 Å². The minimum absolute atomic E-state index is 0.135. The molecule has 1 aliphatic rings. The van der Waals surface area contributed by atoms with Gasteiger partial charge in [-0.05, 0) is 25.2 Å². The smallest absolute Gasteiger partial charge is 0.302 e. The second-order valence-corrected chi connectivity index (χ2v) is 3.41. The zero-order chi connectivity index (χ0) is 8.27. The molecule has 0 spiro atoms. The lowest BCUT2D eigenvalue weighted by Crippen LogP contribution is -2.27. The number of ether oxygens (including phenoxy) is 1. The maximum atomic E-state index is 10.6. The molecule has 0 bridgehead atoms. The predicted molar refractivity (Wildman–Crippen MR) is 43.2 cm³/mol. The van der Waals surface area contributed by atoms with E-state index in [-0.39, 0.29) is 12.1 Å². The average Bonchev–Trinajstić information content (AvgIpc) is 1.93. The third-order valence-electron chi connectivity index (χ3n) is 2.35. The van der Waals surface area contributed by atoms with E-state index in [4.69, 9.17) is 4.74 Å². The Morgan fingerprint density at radius 3 is 2.55 bits per heavy atom. The van der Waals surface area contributed by atoms with E-state index in [0.29, 0.717) is 5.92 Å². The summed E-state index contributed by atoms with van der Waals surface area (Å²) in [6.07, 6.45) is 4.96. The largest absolute Gasteiger partial charge is 0.462 e.